The second-order valence-corrected chi connectivity index (χ2v) is 7.92. The molecule has 0 aliphatic heterocycles. The van der Waals surface area contributed by atoms with Gasteiger partial charge in [0, 0.05) is 27.8 Å². The van der Waals surface area contributed by atoms with E-state index in [9.17, 15) is 8.78 Å². The third-order valence-electron chi connectivity index (χ3n) is 3.82. The van der Waals surface area contributed by atoms with Crippen LogP contribution in [0.25, 0.3) is 0 Å². The third-order valence-corrected chi connectivity index (χ3v) is 5.15. The van der Waals surface area contributed by atoms with Gasteiger partial charge in [-0.05, 0) is 52.3 Å². The van der Waals surface area contributed by atoms with Gasteiger partial charge in [-0.3, -0.25) is 0 Å². The van der Waals surface area contributed by atoms with Gasteiger partial charge in [0.1, 0.15) is 24.0 Å². The van der Waals surface area contributed by atoms with E-state index in [0.29, 0.717) is 23.5 Å². The van der Waals surface area contributed by atoms with E-state index >= 15 is 0 Å². The normalized spacial score (nSPS) is 10.7. The molecule has 0 radical (unpaired) electrons. The highest BCUT2D eigenvalue weighted by Gasteiger charge is 2.12. The molecule has 0 aliphatic rings. The summed E-state index contributed by atoms with van der Waals surface area (Å²) in [5.41, 5.74) is 1.99. The van der Waals surface area contributed by atoms with E-state index in [1.54, 1.807) is 24.3 Å². The van der Waals surface area contributed by atoms with E-state index in [2.05, 4.69) is 37.2 Å². The molecular formula is C20H14Br2ClF2NO. The Hall–Kier alpha value is -1.63. The summed E-state index contributed by atoms with van der Waals surface area (Å²) in [5.74, 6) is -0.185. The lowest BCUT2D eigenvalue weighted by molar-refractivity contribution is 0.295. The molecule has 3 rings (SSSR count). The summed E-state index contributed by atoms with van der Waals surface area (Å²) < 4.78 is 34.6. The highest BCUT2D eigenvalue weighted by molar-refractivity contribution is 9.11. The largest absolute Gasteiger partial charge is 0.487 e. The van der Waals surface area contributed by atoms with Crippen LogP contribution in [-0.2, 0) is 13.2 Å². The van der Waals surface area contributed by atoms with Crippen molar-refractivity contribution in [3.05, 3.63) is 91.3 Å². The molecule has 0 heterocycles. The molecule has 2 nitrogen and oxygen atoms in total. The maximum absolute atomic E-state index is 13.8. The molecule has 0 saturated carbocycles. The summed E-state index contributed by atoms with van der Waals surface area (Å²) in [6.07, 6.45) is 0. The minimum absolute atomic E-state index is 0.0476. The molecule has 0 bridgehead atoms. The first-order valence-corrected chi connectivity index (χ1v) is 9.93. The van der Waals surface area contributed by atoms with Gasteiger partial charge in [-0.2, -0.15) is 0 Å². The zero-order valence-corrected chi connectivity index (χ0v) is 17.8. The van der Waals surface area contributed by atoms with Gasteiger partial charge in [-0.15, -0.1) is 0 Å². The average Bonchev–Trinajstić information content (AvgIpc) is 2.63. The van der Waals surface area contributed by atoms with Crippen LogP contribution in [0.4, 0.5) is 14.5 Å². The fraction of sp³-hybridized carbons (Fsp3) is 0.100. The van der Waals surface area contributed by atoms with Crippen LogP contribution >= 0.6 is 43.5 Å². The Morgan fingerprint density at radius 3 is 2.44 bits per heavy atom. The Morgan fingerprint density at radius 2 is 1.70 bits per heavy atom. The van der Waals surface area contributed by atoms with E-state index in [0.717, 1.165) is 14.5 Å². The van der Waals surface area contributed by atoms with Crippen LogP contribution < -0.4 is 10.1 Å². The van der Waals surface area contributed by atoms with Gasteiger partial charge in [0.2, 0.25) is 0 Å². The number of ether oxygens (including phenoxy) is 1. The zero-order valence-electron chi connectivity index (χ0n) is 13.9. The molecule has 1 N–H and O–H groups in total. The van der Waals surface area contributed by atoms with Crippen LogP contribution in [-0.4, -0.2) is 0 Å². The monoisotopic (exact) mass is 515 g/mol. The van der Waals surface area contributed by atoms with Crippen LogP contribution in [0.3, 0.4) is 0 Å². The van der Waals surface area contributed by atoms with Crippen molar-refractivity contribution in [2.75, 3.05) is 5.32 Å². The number of benzene rings is 3. The van der Waals surface area contributed by atoms with E-state index in [1.165, 1.54) is 18.2 Å². The van der Waals surface area contributed by atoms with Crippen molar-refractivity contribution in [3.8, 4) is 5.75 Å². The first kappa shape index (κ1) is 20.1. The van der Waals surface area contributed by atoms with Crippen molar-refractivity contribution in [3.63, 3.8) is 0 Å². The van der Waals surface area contributed by atoms with E-state index in [-0.39, 0.29) is 17.4 Å². The maximum Gasteiger partial charge on any atom is 0.141 e. The number of rotatable bonds is 6. The molecule has 7 heteroatoms. The fourth-order valence-corrected chi connectivity index (χ4v) is 4.08. The maximum atomic E-state index is 13.8. The summed E-state index contributed by atoms with van der Waals surface area (Å²) in [4.78, 5) is 0. The number of anilines is 1. The molecule has 0 saturated heterocycles. The van der Waals surface area contributed by atoms with Gasteiger partial charge in [0.25, 0.3) is 0 Å². The van der Waals surface area contributed by atoms with E-state index in [4.69, 9.17) is 16.3 Å². The van der Waals surface area contributed by atoms with Crippen molar-refractivity contribution in [2.45, 2.75) is 13.2 Å². The van der Waals surface area contributed by atoms with Crippen molar-refractivity contribution in [2.24, 2.45) is 0 Å². The molecular weight excluding hydrogens is 503 g/mol. The highest BCUT2D eigenvalue weighted by Crippen LogP contribution is 2.34. The summed E-state index contributed by atoms with van der Waals surface area (Å²) in [6.45, 7) is 0.509. The van der Waals surface area contributed by atoms with Crippen molar-refractivity contribution < 1.29 is 13.5 Å². The molecule has 0 aromatic heterocycles. The second kappa shape index (κ2) is 9.04. The molecule has 0 unspecified atom stereocenters. The molecule has 140 valence electrons. The van der Waals surface area contributed by atoms with Gasteiger partial charge in [-0.1, -0.05) is 45.7 Å². The average molecular weight is 518 g/mol. The summed E-state index contributed by atoms with van der Waals surface area (Å²) in [5, 5.41) is 3.23. The topological polar surface area (TPSA) is 21.3 Å². The molecule has 3 aromatic carbocycles. The molecule has 27 heavy (non-hydrogen) atoms. The first-order chi connectivity index (χ1) is 12.9. The lowest BCUT2D eigenvalue weighted by Gasteiger charge is -2.16. The Bertz CT molecular complexity index is 969. The van der Waals surface area contributed by atoms with Crippen LogP contribution in [0.2, 0.25) is 5.02 Å². The smallest absolute Gasteiger partial charge is 0.141 e. The third kappa shape index (κ3) is 5.21. The van der Waals surface area contributed by atoms with Gasteiger partial charge < -0.3 is 10.1 Å². The lowest BCUT2D eigenvalue weighted by atomic mass is 10.2. The summed E-state index contributed by atoms with van der Waals surface area (Å²) in [7, 11) is 0. The molecule has 3 aromatic rings. The minimum atomic E-state index is -0.471. The highest BCUT2D eigenvalue weighted by atomic mass is 79.9. The first-order valence-electron chi connectivity index (χ1n) is 7.97. The SMILES string of the molecule is Fc1ccc(NCc2cc(Br)cc(Br)c2OCc2ccccc2F)cc1Cl. The van der Waals surface area contributed by atoms with Crippen LogP contribution in [0.15, 0.2) is 63.5 Å². The van der Waals surface area contributed by atoms with Gasteiger partial charge in [0.05, 0.1) is 9.50 Å². The Labute approximate surface area is 177 Å². The van der Waals surface area contributed by atoms with Crippen LogP contribution in [0.5, 0.6) is 5.75 Å². The van der Waals surface area contributed by atoms with Gasteiger partial charge >= 0.3 is 0 Å². The molecule has 0 aliphatic carbocycles. The lowest BCUT2D eigenvalue weighted by Crippen LogP contribution is -2.05. The van der Waals surface area contributed by atoms with Gasteiger partial charge in [-0.25, -0.2) is 8.78 Å². The Morgan fingerprint density at radius 1 is 0.926 bits per heavy atom. The fourth-order valence-electron chi connectivity index (χ4n) is 2.48. The quantitative estimate of drug-likeness (QED) is 0.370. The standard InChI is InChI=1S/C20H14Br2ClF2NO/c21-14-7-13(10-26-15-5-6-19(25)17(23)9-15)20(16(22)8-14)27-11-12-3-1-2-4-18(12)24/h1-9,26H,10-11H2. The van der Waals surface area contributed by atoms with Crippen LogP contribution in [0.1, 0.15) is 11.1 Å². The number of halogens is 5. The van der Waals surface area contributed by atoms with Gasteiger partial charge in [0.15, 0.2) is 0 Å². The van der Waals surface area contributed by atoms with Crippen molar-refractivity contribution in [1.29, 1.82) is 0 Å². The Balaban J connectivity index is 1.79. The number of hydrogen-bond acceptors (Lipinski definition) is 2. The molecule has 0 fully saturated rings. The van der Waals surface area contributed by atoms with E-state index < -0.39 is 5.82 Å². The Kier molecular flexibility index (Phi) is 6.73. The summed E-state index contributed by atoms with van der Waals surface area (Å²) >= 11 is 12.8. The number of hydrogen-bond donors (Lipinski definition) is 1. The predicted octanol–water partition coefficient (Wildman–Crippen LogP) is 7.33. The van der Waals surface area contributed by atoms with Crippen molar-refractivity contribution in [1.82, 2.24) is 0 Å². The van der Waals surface area contributed by atoms with E-state index in [1.807, 2.05) is 12.1 Å². The predicted molar refractivity (Wildman–Crippen MR) is 111 cm³/mol. The minimum Gasteiger partial charge on any atom is -0.487 e. The zero-order chi connectivity index (χ0) is 19.4. The molecule has 0 amide bonds. The number of nitrogens with one attached hydrogen (secondary N) is 1. The van der Waals surface area contributed by atoms with Crippen LogP contribution in [0, 0.1) is 11.6 Å². The van der Waals surface area contributed by atoms with Crippen molar-refractivity contribution >= 4 is 49.1 Å². The molecule has 0 atom stereocenters. The molecule has 0 spiro atoms. The second-order valence-electron chi connectivity index (χ2n) is 5.74. The summed E-state index contributed by atoms with van der Waals surface area (Å²) in [6, 6.07) is 14.7.